The van der Waals surface area contributed by atoms with Gasteiger partial charge in [0.15, 0.2) is 5.13 Å². The summed E-state index contributed by atoms with van der Waals surface area (Å²) in [6.45, 7) is 7.35. The van der Waals surface area contributed by atoms with Gasteiger partial charge in [-0.25, -0.2) is 14.6 Å². The van der Waals surface area contributed by atoms with E-state index >= 15 is 0 Å². The van der Waals surface area contributed by atoms with E-state index < -0.39 is 22.8 Å². The zero-order chi connectivity index (χ0) is 28.1. The number of carbonyl (C=O) groups excluding carboxylic acids is 2. The van der Waals surface area contributed by atoms with Gasteiger partial charge in [-0.3, -0.25) is 10.1 Å². The van der Waals surface area contributed by atoms with Gasteiger partial charge < -0.3 is 20.1 Å². The van der Waals surface area contributed by atoms with E-state index in [1.807, 2.05) is 24.3 Å². The Bertz CT molecular complexity index is 1450. The van der Waals surface area contributed by atoms with Crippen LogP contribution in [0.3, 0.4) is 0 Å². The number of benzene rings is 2. The van der Waals surface area contributed by atoms with Gasteiger partial charge in [0.25, 0.3) is 5.69 Å². The summed E-state index contributed by atoms with van der Waals surface area (Å²) < 4.78 is 10.7. The number of nitrogens with zero attached hydrogens (tertiary/aromatic N) is 2. The van der Waals surface area contributed by atoms with Crippen LogP contribution in [0.15, 0.2) is 76.5 Å². The van der Waals surface area contributed by atoms with E-state index in [9.17, 15) is 19.7 Å². The first-order chi connectivity index (χ1) is 18.7. The molecule has 202 valence electrons. The topological polar surface area (TPSA) is 133 Å². The molecule has 0 unspecified atom stereocenters. The van der Waals surface area contributed by atoms with Crippen LogP contribution >= 0.6 is 11.3 Å². The average molecular weight is 549 g/mol. The summed E-state index contributed by atoms with van der Waals surface area (Å²) in [6.07, 6.45) is 0. The molecule has 0 atom stereocenters. The lowest BCUT2D eigenvalue weighted by Crippen LogP contribution is -2.32. The number of esters is 2. The molecule has 1 aliphatic heterocycles. The van der Waals surface area contributed by atoms with Crippen LogP contribution in [0.4, 0.5) is 16.5 Å². The highest BCUT2D eigenvalue weighted by atomic mass is 32.1. The molecular formula is C28H28N4O6S. The van der Waals surface area contributed by atoms with E-state index in [4.69, 9.17) is 9.47 Å². The van der Waals surface area contributed by atoms with Crippen LogP contribution in [-0.2, 0) is 19.1 Å². The number of allylic oxidation sites excluding steroid dienone is 2. The standard InChI is InChI=1S/C28H28N4O6S/c1-5-37-26(33)23-16(3)29-17(4)24(27(34)38-6-2)25(23)20-12-7-8-13-21(20)30-28-31-22(15-39-28)18-10-9-11-19(14-18)32(35)36/h7-15,25,29H,5-6H2,1-4H3,(H,30,31). The fourth-order valence-electron chi connectivity index (χ4n) is 4.48. The van der Waals surface area contributed by atoms with Gasteiger partial charge >= 0.3 is 11.9 Å². The normalized spacial score (nSPS) is 13.6. The van der Waals surface area contributed by atoms with Gasteiger partial charge in [0.1, 0.15) is 0 Å². The highest BCUT2D eigenvalue weighted by molar-refractivity contribution is 7.14. The van der Waals surface area contributed by atoms with E-state index in [2.05, 4.69) is 15.6 Å². The summed E-state index contributed by atoms with van der Waals surface area (Å²) in [5.74, 6) is -1.82. The lowest BCUT2D eigenvalue weighted by molar-refractivity contribution is -0.384. The number of dihydropyridines is 1. The van der Waals surface area contributed by atoms with Crippen LogP contribution in [0.2, 0.25) is 0 Å². The number of aromatic nitrogens is 1. The number of para-hydroxylation sites is 1. The Balaban J connectivity index is 1.77. The summed E-state index contributed by atoms with van der Waals surface area (Å²) in [5, 5.41) is 20.0. The number of hydrogen-bond acceptors (Lipinski definition) is 10. The highest BCUT2D eigenvalue weighted by Crippen LogP contribution is 2.43. The van der Waals surface area contributed by atoms with E-state index in [0.717, 1.165) is 0 Å². The number of nitro groups is 1. The van der Waals surface area contributed by atoms with Crippen molar-refractivity contribution >= 4 is 39.8 Å². The third-order valence-corrected chi connectivity index (χ3v) is 6.88. The number of rotatable bonds is 9. The molecule has 0 aliphatic carbocycles. The average Bonchev–Trinajstić information content (AvgIpc) is 3.37. The van der Waals surface area contributed by atoms with Crippen molar-refractivity contribution in [3.05, 3.63) is 92.1 Å². The molecule has 1 aliphatic rings. The Morgan fingerprint density at radius 1 is 1.03 bits per heavy atom. The first-order valence-corrected chi connectivity index (χ1v) is 13.2. The Morgan fingerprint density at radius 2 is 1.67 bits per heavy atom. The first kappa shape index (κ1) is 27.5. The van der Waals surface area contributed by atoms with Crippen molar-refractivity contribution in [2.75, 3.05) is 18.5 Å². The highest BCUT2D eigenvalue weighted by Gasteiger charge is 2.39. The van der Waals surface area contributed by atoms with Crippen molar-refractivity contribution in [3.63, 3.8) is 0 Å². The molecule has 0 saturated carbocycles. The molecule has 2 aromatic carbocycles. The molecule has 0 amide bonds. The summed E-state index contributed by atoms with van der Waals surface area (Å²) in [7, 11) is 0. The molecule has 39 heavy (non-hydrogen) atoms. The Hall–Kier alpha value is -4.51. The van der Waals surface area contributed by atoms with Gasteiger partial charge in [-0.05, 0) is 39.3 Å². The largest absolute Gasteiger partial charge is 0.463 e. The van der Waals surface area contributed by atoms with E-state index in [-0.39, 0.29) is 18.9 Å². The molecule has 0 spiro atoms. The van der Waals surface area contributed by atoms with Crippen LogP contribution in [-0.4, -0.2) is 35.1 Å². The second kappa shape index (κ2) is 11.9. The van der Waals surface area contributed by atoms with Gasteiger partial charge in [0.2, 0.25) is 0 Å². The molecule has 2 heterocycles. The minimum Gasteiger partial charge on any atom is -0.463 e. The van der Waals surface area contributed by atoms with Gasteiger partial charge in [0.05, 0.1) is 40.9 Å². The van der Waals surface area contributed by atoms with Crippen molar-refractivity contribution in [2.24, 2.45) is 0 Å². The quantitative estimate of drug-likeness (QED) is 0.193. The summed E-state index contributed by atoms with van der Waals surface area (Å²) >= 11 is 1.33. The molecule has 0 radical (unpaired) electrons. The maximum atomic E-state index is 13.2. The summed E-state index contributed by atoms with van der Waals surface area (Å²) in [5.41, 5.74) is 4.27. The third kappa shape index (κ3) is 5.83. The molecule has 0 saturated heterocycles. The first-order valence-electron chi connectivity index (χ1n) is 12.3. The van der Waals surface area contributed by atoms with Crippen molar-refractivity contribution < 1.29 is 24.0 Å². The summed E-state index contributed by atoms with van der Waals surface area (Å²) in [4.78, 5) is 41.7. The lowest BCUT2D eigenvalue weighted by Gasteiger charge is -2.31. The molecule has 3 aromatic rings. The number of ether oxygens (including phenoxy) is 2. The maximum Gasteiger partial charge on any atom is 0.336 e. The zero-order valence-electron chi connectivity index (χ0n) is 21.9. The number of non-ortho nitro benzene ring substituents is 1. The Kier molecular flexibility index (Phi) is 8.40. The van der Waals surface area contributed by atoms with E-state index in [0.29, 0.717) is 50.2 Å². The van der Waals surface area contributed by atoms with Crippen LogP contribution < -0.4 is 10.6 Å². The fraction of sp³-hybridized carbons (Fsp3) is 0.250. The van der Waals surface area contributed by atoms with Gasteiger partial charge in [-0.1, -0.05) is 30.3 Å². The van der Waals surface area contributed by atoms with E-state index in [1.165, 1.54) is 23.5 Å². The SMILES string of the molecule is CCOC(=O)C1=C(C)NC(C)=C(C(=O)OCC)C1c1ccccc1Nc1nc(-c2cccc([N+](=O)[O-])c2)cs1. The molecule has 2 N–H and O–H groups in total. The Morgan fingerprint density at radius 3 is 2.28 bits per heavy atom. The number of carbonyl (C=O) groups is 2. The smallest absolute Gasteiger partial charge is 0.336 e. The molecule has 0 bridgehead atoms. The Labute approximate surface area is 229 Å². The van der Waals surface area contributed by atoms with Gasteiger partial charge in [0, 0.05) is 40.2 Å². The second-order valence-corrected chi connectivity index (χ2v) is 9.49. The molecule has 11 heteroatoms. The number of thiazole rings is 1. The lowest BCUT2D eigenvalue weighted by atomic mass is 9.79. The number of hydrogen-bond donors (Lipinski definition) is 2. The number of nitro benzene ring substituents is 1. The molecular weight excluding hydrogens is 520 g/mol. The second-order valence-electron chi connectivity index (χ2n) is 8.63. The van der Waals surface area contributed by atoms with Crippen LogP contribution in [0.25, 0.3) is 11.3 Å². The van der Waals surface area contributed by atoms with Gasteiger partial charge in [-0.15, -0.1) is 11.3 Å². The van der Waals surface area contributed by atoms with Crippen molar-refractivity contribution in [1.29, 1.82) is 0 Å². The molecule has 10 nitrogen and oxygen atoms in total. The zero-order valence-corrected chi connectivity index (χ0v) is 22.8. The van der Waals surface area contributed by atoms with Gasteiger partial charge in [-0.2, -0.15) is 0 Å². The monoisotopic (exact) mass is 548 g/mol. The fourth-order valence-corrected chi connectivity index (χ4v) is 5.22. The predicted octanol–water partition coefficient (Wildman–Crippen LogP) is 5.82. The van der Waals surface area contributed by atoms with Crippen LogP contribution in [0.1, 0.15) is 39.2 Å². The predicted molar refractivity (Wildman–Crippen MR) is 148 cm³/mol. The summed E-state index contributed by atoms with van der Waals surface area (Å²) in [6, 6.07) is 13.6. The van der Waals surface area contributed by atoms with Crippen LogP contribution in [0, 0.1) is 10.1 Å². The maximum absolute atomic E-state index is 13.2. The van der Waals surface area contributed by atoms with E-state index in [1.54, 1.807) is 45.2 Å². The third-order valence-electron chi connectivity index (χ3n) is 6.12. The number of anilines is 2. The molecule has 0 fully saturated rings. The van der Waals surface area contributed by atoms with Crippen molar-refractivity contribution in [3.8, 4) is 11.3 Å². The minimum atomic E-state index is -0.760. The molecule has 4 rings (SSSR count). The minimum absolute atomic E-state index is 0.0198. The van der Waals surface area contributed by atoms with Crippen LogP contribution in [0.5, 0.6) is 0 Å². The molecule has 1 aromatic heterocycles. The van der Waals surface area contributed by atoms with Crippen molar-refractivity contribution in [2.45, 2.75) is 33.6 Å². The van der Waals surface area contributed by atoms with Crippen molar-refractivity contribution in [1.82, 2.24) is 10.3 Å². The number of nitrogens with one attached hydrogen (secondary N) is 2.